The van der Waals surface area contributed by atoms with Gasteiger partial charge in [0.05, 0.1) is 18.8 Å². The average molecular weight is 440 g/mol. The number of nitrogens with one attached hydrogen (secondary N) is 1. The third-order valence-corrected chi connectivity index (χ3v) is 5.94. The number of ether oxygens (including phenoxy) is 1. The van der Waals surface area contributed by atoms with E-state index in [1.54, 1.807) is 6.07 Å². The zero-order valence-electron chi connectivity index (χ0n) is 17.8. The standard InChI is InChI=1S/C24H26ClN3O3/c1-16-3-5-18(6-4-16)21-22(26-20-8-7-19(25)15-17(20)2)24(30)28(23(21)29)10-9-27-11-13-31-14-12-27/h3-8,15,26H,9-14H2,1-2H3. The molecular formula is C24H26ClN3O3. The molecule has 7 heteroatoms. The second-order valence-corrected chi connectivity index (χ2v) is 8.35. The third kappa shape index (κ3) is 4.66. The van der Waals surface area contributed by atoms with Crippen LogP contribution in [0.4, 0.5) is 5.69 Å². The number of morpholine rings is 1. The maximum absolute atomic E-state index is 13.4. The largest absolute Gasteiger partial charge is 0.379 e. The fourth-order valence-electron chi connectivity index (χ4n) is 3.85. The fraction of sp³-hybridized carbons (Fsp3) is 0.333. The van der Waals surface area contributed by atoms with E-state index in [0.717, 1.165) is 35.5 Å². The van der Waals surface area contributed by atoms with Crippen molar-refractivity contribution < 1.29 is 14.3 Å². The first-order chi connectivity index (χ1) is 14.9. The van der Waals surface area contributed by atoms with Gasteiger partial charge in [-0.15, -0.1) is 0 Å². The molecule has 2 aromatic carbocycles. The summed E-state index contributed by atoms with van der Waals surface area (Å²) in [5.41, 5.74) is 4.18. The molecule has 2 amide bonds. The Kier molecular flexibility index (Phi) is 6.41. The maximum Gasteiger partial charge on any atom is 0.278 e. The number of nitrogens with zero attached hydrogens (tertiary/aromatic N) is 2. The summed E-state index contributed by atoms with van der Waals surface area (Å²) in [4.78, 5) is 30.3. The van der Waals surface area contributed by atoms with E-state index in [-0.39, 0.29) is 11.8 Å². The molecule has 1 N–H and O–H groups in total. The van der Waals surface area contributed by atoms with Gasteiger partial charge in [0.25, 0.3) is 11.8 Å². The normalized spacial score (nSPS) is 17.6. The third-order valence-electron chi connectivity index (χ3n) is 5.70. The molecule has 1 fully saturated rings. The molecule has 4 rings (SSSR count). The van der Waals surface area contributed by atoms with Gasteiger partial charge in [-0.2, -0.15) is 0 Å². The van der Waals surface area contributed by atoms with Gasteiger partial charge in [0.15, 0.2) is 0 Å². The van der Waals surface area contributed by atoms with Crippen molar-refractivity contribution in [3.05, 3.63) is 69.9 Å². The van der Waals surface area contributed by atoms with E-state index in [1.165, 1.54) is 4.90 Å². The SMILES string of the molecule is Cc1ccc(C2=C(Nc3ccc(Cl)cc3C)C(=O)N(CCN3CCOCC3)C2=O)cc1. The van der Waals surface area contributed by atoms with E-state index >= 15 is 0 Å². The molecule has 0 aromatic heterocycles. The molecule has 0 unspecified atom stereocenters. The Bertz CT molecular complexity index is 1030. The lowest BCUT2D eigenvalue weighted by molar-refractivity contribution is -0.137. The van der Waals surface area contributed by atoms with Crippen LogP contribution in [0, 0.1) is 13.8 Å². The zero-order valence-corrected chi connectivity index (χ0v) is 18.5. The molecule has 31 heavy (non-hydrogen) atoms. The number of carbonyl (C=O) groups is 2. The van der Waals surface area contributed by atoms with Gasteiger partial charge >= 0.3 is 0 Å². The summed E-state index contributed by atoms with van der Waals surface area (Å²) in [7, 11) is 0. The lowest BCUT2D eigenvalue weighted by atomic mass is 10.0. The first kappa shape index (κ1) is 21.6. The highest BCUT2D eigenvalue weighted by atomic mass is 35.5. The van der Waals surface area contributed by atoms with Gasteiger partial charge in [0.1, 0.15) is 5.70 Å². The van der Waals surface area contributed by atoms with Crippen LogP contribution in [0.25, 0.3) is 5.57 Å². The van der Waals surface area contributed by atoms with Crippen LogP contribution >= 0.6 is 11.6 Å². The van der Waals surface area contributed by atoms with E-state index in [2.05, 4.69) is 10.2 Å². The number of amides is 2. The molecule has 0 saturated carbocycles. The highest BCUT2D eigenvalue weighted by Gasteiger charge is 2.39. The van der Waals surface area contributed by atoms with E-state index in [9.17, 15) is 9.59 Å². The predicted molar refractivity (Wildman–Crippen MR) is 122 cm³/mol. The van der Waals surface area contributed by atoms with Crippen LogP contribution in [0.5, 0.6) is 0 Å². The molecule has 2 aliphatic heterocycles. The zero-order chi connectivity index (χ0) is 22.0. The smallest absolute Gasteiger partial charge is 0.278 e. The van der Waals surface area contributed by atoms with Gasteiger partial charge in [-0.25, -0.2) is 0 Å². The number of aryl methyl sites for hydroxylation is 2. The Hall–Kier alpha value is -2.67. The Balaban J connectivity index is 1.64. The van der Waals surface area contributed by atoms with Crippen molar-refractivity contribution in [3.8, 4) is 0 Å². The van der Waals surface area contributed by atoms with Crippen LogP contribution in [0.15, 0.2) is 48.2 Å². The molecule has 162 valence electrons. The van der Waals surface area contributed by atoms with E-state index < -0.39 is 0 Å². The molecule has 6 nitrogen and oxygen atoms in total. The van der Waals surface area contributed by atoms with Crippen molar-refractivity contribution in [2.24, 2.45) is 0 Å². The molecular weight excluding hydrogens is 414 g/mol. The highest BCUT2D eigenvalue weighted by molar-refractivity contribution is 6.36. The first-order valence-electron chi connectivity index (χ1n) is 10.4. The Morgan fingerprint density at radius 2 is 1.68 bits per heavy atom. The second kappa shape index (κ2) is 9.22. The van der Waals surface area contributed by atoms with Crippen molar-refractivity contribution in [2.45, 2.75) is 13.8 Å². The number of imide groups is 1. The molecule has 1 saturated heterocycles. The summed E-state index contributed by atoms with van der Waals surface area (Å²) >= 11 is 6.08. The van der Waals surface area contributed by atoms with Crippen molar-refractivity contribution >= 4 is 34.7 Å². The number of hydrogen-bond donors (Lipinski definition) is 1. The lowest BCUT2D eigenvalue weighted by Crippen LogP contribution is -2.43. The van der Waals surface area contributed by atoms with Crippen LogP contribution in [-0.4, -0.2) is 61.0 Å². The second-order valence-electron chi connectivity index (χ2n) is 7.92. The number of carbonyl (C=O) groups excluding carboxylic acids is 2. The van der Waals surface area contributed by atoms with Gasteiger partial charge in [-0.1, -0.05) is 41.4 Å². The quantitative estimate of drug-likeness (QED) is 0.698. The van der Waals surface area contributed by atoms with E-state index in [0.29, 0.717) is 42.6 Å². The summed E-state index contributed by atoms with van der Waals surface area (Å²) in [5, 5.41) is 3.85. The van der Waals surface area contributed by atoms with Crippen LogP contribution < -0.4 is 5.32 Å². The van der Waals surface area contributed by atoms with Gasteiger partial charge in [0.2, 0.25) is 0 Å². The average Bonchev–Trinajstić information content (AvgIpc) is 2.99. The van der Waals surface area contributed by atoms with Gasteiger partial charge in [-0.3, -0.25) is 19.4 Å². The molecule has 0 radical (unpaired) electrons. The number of anilines is 1. The van der Waals surface area contributed by atoms with Gasteiger partial charge in [0, 0.05) is 36.9 Å². The number of halogens is 1. The Morgan fingerprint density at radius 1 is 0.968 bits per heavy atom. The number of rotatable bonds is 6. The summed E-state index contributed by atoms with van der Waals surface area (Å²) in [5.74, 6) is -0.570. The van der Waals surface area contributed by atoms with Crippen LogP contribution in [-0.2, 0) is 14.3 Å². The van der Waals surface area contributed by atoms with Crippen molar-refractivity contribution in [2.75, 3.05) is 44.7 Å². The molecule has 0 spiro atoms. The fourth-order valence-corrected chi connectivity index (χ4v) is 4.08. The molecule has 0 bridgehead atoms. The van der Waals surface area contributed by atoms with Gasteiger partial charge in [-0.05, 0) is 43.2 Å². The minimum atomic E-state index is -0.303. The van der Waals surface area contributed by atoms with Crippen molar-refractivity contribution in [1.82, 2.24) is 9.80 Å². The van der Waals surface area contributed by atoms with Crippen LogP contribution in [0.3, 0.4) is 0 Å². The van der Waals surface area contributed by atoms with E-state index in [1.807, 2.05) is 50.2 Å². The monoisotopic (exact) mass is 439 g/mol. The minimum Gasteiger partial charge on any atom is -0.379 e. The molecule has 2 aromatic rings. The molecule has 2 heterocycles. The molecule has 2 aliphatic rings. The first-order valence-corrected chi connectivity index (χ1v) is 10.8. The summed E-state index contributed by atoms with van der Waals surface area (Å²) in [6, 6.07) is 13.1. The summed E-state index contributed by atoms with van der Waals surface area (Å²) < 4.78 is 5.38. The summed E-state index contributed by atoms with van der Waals surface area (Å²) in [6.45, 7) is 7.86. The number of benzene rings is 2. The topological polar surface area (TPSA) is 61.9 Å². The van der Waals surface area contributed by atoms with Crippen LogP contribution in [0.1, 0.15) is 16.7 Å². The minimum absolute atomic E-state index is 0.267. The maximum atomic E-state index is 13.4. The van der Waals surface area contributed by atoms with Gasteiger partial charge < -0.3 is 10.1 Å². The van der Waals surface area contributed by atoms with E-state index in [4.69, 9.17) is 16.3 Å². The number of hydrogen-bond acceptors (Lipinski definition) is 5. The summed E-state index contributed by atoms with van der Waals surface area (Å²) in [6.07, 6.45) is 0. The predicted octanol–water partition coefficient (Wildman–Crippen LogP) is 3.48. The Labute approximate surface area is 187 Å². The molecule has 0 aliphatic carbocycles. The van der Waals surface area contributed by atoms with Crippen molar-refractivity contribution in [3.63, 3.8) is 0 Å². The van der Waals surface area contributed by atoms with Crippen LogP contribution in [0.2, 0.25) is 5.02 Å². The molecule has 0 atom stereocenters. The lowest BCUT2D eigenvalue weighted by Gasteiger charge is -2.28. The highest BCUT2D eigenvalue weighted by Crippen LogP contribution is 2.32. The Morgan fingerprint density at radius 3 is 2.35 bits per heavy atom. The van der Waals surface area contributed by atoms with Crippen molar-refractivity contribution in [1.29, 1.82) is 0 Å².